The van der Waals surface area contributed by atoms with Gasteiger partial charge in [0.1, 0.15) is 0 Å². The van der Waals surface area contributed by atoms with E-state index in [-0.39, 0.29) is 11.7 Å². The van der Waals surface area contributed by atoms with Gasteiger partial charge in [-0.15, -0.1) is 16.8 Å². The van der Waals surface area contributed by atoms with E-state index in [1.165, 1.54) is 11.8 Å². The van der Waals surface area contributed by atoms with Crippen molar-refractivity contribution in [1.29, 1.82) is 0 Å². The summed E-state index contributed by atoms with van der Waals surface area (Å²) in [7, 11) is 0. The predicted molar refractivity (Wildman–Crippen MR) is 119 cm³/mol. The minimum absolute atomic E-state index is 0.131. The molecule has 3 rings (SSSR count). The van der Waals surface area contributed by atoms with Crippen LogP contribution in [-0.2, 0) is 11.3 Å². The lowest BCUT2D eigenvalue weighted by Gasteiger charge is -2.10. The molecule has 0 saturated heterocycles. The number of carbonyl (C=O) groups excluding carboxylic acids is 1. The van der Waals surface area contributed by atoms with Crippen LogP contribution in [0.4, 0.5) is 5.69 Å². The molecular formula is C20H18BrClN4OS. The number of benzene rings is 2. The van der Waals surface area contributed by atoms with Crippen molar-refractivity contribution in [1.82, 2.24) is 14.8 Å². The van der Waals surface area contributed by atoms with Crippen LogP contribution in [0.3, 0.4) is 0 Å². The topological polar surface area (TPSA) is 59.8 Å². The minimum atomic E-state index is -0.131. The SMILES string of the molecule is C=CCn1c(SCC(=O)Nc2cc(Cl)ccc2C)nnc1-c1ccc(Br)cc1. The maximum atomic E-state index is 12.4. The molecule has 1 N–H and O–H groups in total. The van der Waals surface area contributed by atoms with E-state index in [9.17, 15) is 4.79 Å². The van der Waals surface area contributed by atoms with Gasteiger partial charge in [0, 0.05) is 27.3 Å². The molecule has 0 spiro atoms. The molecule has 0 aliphatic carbocycles. The quantitative estimate of drug-likeness (QED) is 0.356. The van der Waals surface area contributed by atoms with Crippen molar-refractivity contribution in [2.75, 3.05) is 11.1 Å². The summed E-state index contributed by atoms with van der Waals surface area (Å²) < 4.78 is 2.94. The highest BCUT2D eigenvalue weighted by Crippen LogP contribution is 2.26. The molecule has 0 aliphatic heterocycles. The lowest BCUT2D eigenvalue weighted by molar-refractivity contribution is -0.113. The van der Waals surface area contributed by atoms with Crippen LogP contribution >= 0.6 is 39.3 Å². The average molecular weight is 478 g/mol. The normalized spacial score (nSPS) is 10.7. The van der Waals surface area contributed by atoms with E-state index in [1.54, 1.807) is 18.2 Å². The van der Waals surface area contributed by atoms with Gasteiger partial charge < -0.3 is 5.32 Å². The maximum Gasteiger partial charge on any atom is 0.234 e. The Balaban J connectivity index is 1.73. The van der Waals surface area contributed by atoms with Gasteiger partial charge in [0.15, 0.2) is 11.0 Å². The number of nitrogens with one attached hydrogen (secondary N) is 1. The van der Waals surface area contributed by atoms with Gasteiger partial charge in [-0.2, -0.15) is 0 Å². The first-order valence-corrected chi connectivity index (χ1v) is 10.6. The van der Waals surface area contributed by atoms with Crippen LogP contribution < -0.4 is 5.32 Å². The van der Waals surface area contributed by atoms with Gasteiger partial charge in [-0.05, 0) is 36.8 Å². The molecule has 0 fully saturated rings. The van der Waals surface area contributed by atoms with Gasteiger partial charge >= 0.3 is 0 Å². The number of aromatic nitrogens is 3. The van der Waals surface area contributed by atoms with E-state index in [0.717, 1.165) is 21.4 Å². The zero-order valence-corrected chi connectivity index (χ0v) is 18.3. The van der Waals surface area contributed by atoms with Crippen LogP contribution in [0.15, 0.2) is 64.7 Å². The molecule has 0 bridgehead atoms. The van der Waals surface area contributed by atoms with E-state index in [2.05, 4.69) is 38.0 Å². The molecule has 1 aromatic heterocycles. The fourth-order valence-electron chi connectivity index (χ4n) is 2.55. The molecule has 8 heteroatoms. The number of nitrogens with zero attached hydrogens (tertiary/aromatic N) is 3. The van der Waals surface area contributed by atoms with Gasteiger partial charge in [0.25, 0.3) is 0 Å². The Morgan fingerprint density at radius 3 is 2.75 bits per heavy atom. The number of aryl methyl sites for hydroxylation is 1. The Hall–Kier alpha value is -2.09. The molecule has 144 valence electrons. The number of hydrogen-bond donors (Lipinski definition) is 1. The Morgan fingerprint density at radius 1 is 1.29 bits per heavy atom. The van der Waals surface area contributed by atoms with Crippen molar-refractivity contribution in [2.45, 2.75) is 18.6 Å². The molecule has 0 saturated carbocycles. The first-order valence-electron chi connectivity index (χ1n) is 8.46. The largest absolute Gasteiger partial charge is 0.325 e. The molecule has 0 aliphatic rings. The summed E-state index contributed by atoms with van der Waals surface area (Å²) >= 11 is 10.8. The summed E-state index contributed by atoms with van der Waals surface area (Å²) in [5.74, 6) is 0.816. The van der Waals surface area contributed by atoms with E-state index in [4.69, 9.17) is 11.6 Å². The fourth-order valence-corrected chi connectivity index (χ4v) is 3.73. The number of rotatable bonds is 7. The molecule has 1 heterocycles. The molecule has 28 heavy (non-hydrogen) atoms. The second kappa shape index (κ2) is 9.41. The molecule has 2 aromatic carbocycles. The highest BCUT2D eigenvalue weighted by molar-refractivity contribution is 9.10. The highest BCUT2D eigenvalue weighted by Gasteiger charge is 2.15. The first kappa shape index (κ1) is 20.6. The summed E-state index contributed by atoms with van der Waals surface area (Å²) in [5, 5.41) is 12.7. The van der Waals surface area contributed by atoms with Crippen LogP contribution in [0.25, 0.3) is 11.4 Å². The third-order valence-electron chi connectivity index (χ3n) is 3.94. The molecular weight excluding hydrogens is 460 g/mol. The van der Waals surface area contributed by atoms with Crippen LogP contribution in [0, 0.1) is 6.92 Å². The van der Waals surface area contributed by atoms with Gasteiger partial charge in [-0.25, -0.2) is 0 Å². The van der Waals surface area contributed by atoms with E-state index in [0.29, 0.717) is 22.4 Å². The number of allylic oxidation sites excluding steroid dienone is 1. The lowest BCUT2D eigenvalue weighted by atomic mass is 10.2. The number of amides is 1. The molecule has 0 atom stereocenters. The van der Waals surface area contributed by atoms with Crippen molar-refractivity contribution in [3.8, 4) is 11.4 Å². The Morgan fingerprint density at radius 2 is 2.04 bits per heavy atom. The summed E-state index contributed by atoms with van der Waals surface area (Å²) in [6, 6.07) is 13.3. The van der Waals surface area contributed by atoms with Crippen LogP contribution in [-0.4, -0.2) is 26.4 Å². The molecule has 0 unspecified atom stereocenters. The number of thioether (sulfide) groups is 1. The van der Waals surface area contributed by atoms with E-state index < -0.39 is 0 Å². The smallest absolute Gasteiger partial charge is 0.234 e. The third kappa shape index (κ3) is 5.04. The standard InChI is InChI=1S/C20H18BrClN4OS/c1-3-10-26-19(14-5-7-15(21)8-6-14)24-25-20(26)28-12-18(27)23-17-11-16(22)9-4-13(17)2/h3-9,11H,1,10,12H2,2H3,(H,23,27). The van der Waals surface area contributed by atoms with Gasteiger partial charge in [0.2, 0.25) is 5.91 Å². The van der Waals surface area contributed by atoms with Crippen molar-refractivity contribution in [3.05, 3.63) is 70.2 Å². The number of hydrogen-bond acceptors (Lipinski definition) is 4. The fraction of sp³-hybridized carbons (Fsp3) is 0.150. The predicted octanol–water partition coefficient (Wildman–Crippen LogP) is 5.59. The summed E-state index contributed by atoms with van der Waals surface area (Å²) in [6.45, 7) is 6.28. The van der Waals surface area contributed by atoms with Crippen LogP contribution in [0.2, 0.25) is 5.02 Å². The zero-order valence-electron chi connectivity index (χ0n) is 15.2. The number of halogens is 2. The maximum absolute atomic E-state index is 12.4. The molecule has 3 aromatic rings. The Labute approximate surface area is 181 Å². The monoisotopic (exact) mass is 476 g/mol. The lowest BCUT2D eigenvalue weighted by Crippen LogP contribution is -2.15. The molecule has 1 amide bonds. The van der Waals surface area contributed by atoms with Crippen molar-refractivity contribution in [2.24, 2.45) is 0 Å². The average Bonchev–Trinajstić information content (AvgIpc) is 3.07. The van der Waals surface area contributed by atoms with E-state index >= 15 is 0 Å². The minimum Gasteiger partial charge on any atom is -0.325 e. The Kier molecular flexibility index (Phi) is 6.93. The van der Waals surface area contributed by atoms with Crippen LogP contribution in [0.1, 0.15) is 5.56 Å². The number of carbonyl (C=O) groups is 1. The van der Waals surface area contributed by atoms with Gasteiger partial charge in [-0.3, -0.25) is 9.36 Å². The van der Waals surface area contributed by atoms with Gasteiger partial charge in [-0.1, -0.05) is 63.6 Å². The third-order valence-corrected chi connectivity index (χ3v) is 5.67. The van der Waals surface area contributed by atoms with Crippen molar-refractivity contribution >= 4 is 50.9 Å². The second-order valence-corrected chi connectivity index (χ2v) is 8.30. The molecule has 0 radical (unpaired) electrons. The highest BCUT2D eigenvalue weighted by atomic mass is 79.9. The number of anilines is 1. The van der Waals surface area contributed by atoms with Crippen molar-refractivity contribution in [3.63, 3.8) is 0 Å². The first-order chi connectivity index (χ1) is 13.5. The summed E-state index contributed by atoms with van der Waals surface area (Å²) in [5.41, 5.74) is 2.61. The van der Waals surface area contributed by atoms with Crippen molar-refractivity contribution < 1.29 is 4.79 Å². The summed E-state index contributed by atoms with van der Waals surface area (Å²) in [4.78, 5) is 12.4. The zero-order chi connectivity index (χ0) is 20.1. The van der Waals surface area contributed by atoms with Crippen LogP contribution in [0.5, 0.6) is 0 Å². The molecule has 5 nitrogen and oxygen atoms in total. The van der Waals surface area contributed by atoms with E-state index in [1.807, 2.05) is 41.8 Å². The van der Waals surface area contributed by atoms with Gasteiger partial charge in [0.05, 0.1) is 5.75 Å². The Bertz CT molecular complexity index is 1000. The second-order valence-electron chi connectivity index (χ2n) is 6.01. The summed E-state index contributed by atoms with van der Waals surface area (Å²) in [6.07, 6.45) is 1.78.